The van der Waals surface area contributed by atoms with Crippen LogP contribution in [-0.4, -0.2) is 13.7 Å². The van der Waals surface area contributed by atoms with Gasteiger partial charge in [-0.3, -0.25) is 0 Å². The third-order valence-electron chi connectivity index (χ3n) is 3.13. The maximum atomic E-state index is 5.82. The molecule has 2 nitrogen and oxygen atoms in total. The summed E-state index contributed by atoms with van der Waals surface area (Å²) in [6, 6.07) is 8.23. The van der Waals surface area contributed by atoms with Gasteiger partial charge in [-0.1, -0.05) is 32.4 Å². The molecule has 0 spiro atoms. The fraction of sp³-hybridized carbons (Fsp3) is 0.538. The maximum Gasteiger partial charge on any atom is 0.118 e. The number of rotatable bonds is 5. The van der Waals surface area contributed by atoms with Crippen LogP contribution in [0.25, 0.3) is 0 Å². The van der Waals surface area contributed by atoms with Crippen LogP contribution in [0.2, 0.25) is 0 Å². The van der Waals surface area contributed by atoms with Gasteiger partial charge in [-0.15, -0.1) is 0 Å². The highest BCUT2D eigenvalue weighted by Crippen LogP contribution is 2.27. The van der Waals surface area contributed by atoms with Crippen molar-refractivity contribution in [2.24, 2.45) is 11.7 Å². The minimum absolute atomic E-state index is 0.459. The summed E-state index contributed by atoms with van der Waals surface area (Å²) in [5.74, 6) is 1.99. The molecule has 84 valence electrons. The van der Waals surface area contributed by atoms with E-state index in [9.17, 15) is 0 Å². The van der Waals surface area contributed by atoms with E-state index in [-0.39, 0.29) is 0 Å². The number of nitrogens with two attached hydrogens (primary N) is 1. The van der Waals surface area contributed by atoms with E-state index in [0.717, 1.165) is 12.2 Å². The third kappa shape index (κ3) is 2.96. The molecule has 0 saturated carbocycles. The molecule has 0 bridgehead atoms. The Labute approximate surface area is 92.4 Å². The Hall–Kier alpha value is -1.02. The summed E-state index contributed by atoms with van der Waals surface area (Å²) in [6.07, 6.45) is 1.16. The summed E-state index contributed by atoms with van der Waals surface area (Å²) in [5, 5.41) is 0. The van der Waals surface area contributed by atoms with E-state index in [1.807, 2.05) is 12.1 Å². The van der Waals surface area contributed by atoms with E-state index in [2.05, 4.69) is 26.0 Å². The summed E-state index contributed by atoms with van der Waals surface area (Å²) < 4.78 is 5.14. The molecule has 0 aliphatic rings. The average molecular weight is 207 g/mol. The smallest absolute Gasteiger partial charge is 0.118 e. The topological polar surface area (TPSA) is 35.2 Å². The van der Waals surface area contributed by atoms with Gasteiger partial charge in [0.1, 0.15) is 5.75 Å². The van der Waals surface area contributed by atoms with Crippen molar-refractivity contribution in [3.8, 4) is 5.75 Å². The second kappa shape index (κ2) is 5.76. The molecule has 1 aromatic rings. The maximum absolute atomic E-state index is 5.82. The molecular weight excluding hydrogens is 186 g/mol. The Morgan fingerprint density at radius 1 is 1.27 bits per heavy atom. The minimum Gasteiger partial charge on any atom is -0.497 e. The van der Waals surface area contributed by atoms with Crippen LogP contribution in [0.3, 0.4) is 0 Å². The van der Waals surface area contributed by atoms with Gasteiger partial charge in [0.2, 0.25) is 0 Å². The Morgan fingerprint density at radius 2 is 1.87 bits per heavy atom. The summed E-state index contributed by atoms with van der Waals surface area (Å²) in [7, 11) is 1.68. The Bertz CT molecular complexity index is 281. The molecule has 2 unspecified atom stereocenters. The first-order chi connectivity index (χ1) is 7.22. The van der Waals surface area contributed by atoms with Crippen molar-refractivity contribution < 1.29 is 4.74 Å². The predicted molar refractivity (Wildman–Crippen MR) is 64.2 cm³/mol. The van der Waals surface area contributed by atoms with Gasteiger partial charge in [0.15, 0.2) is 0 Å². The molecule has 0 radical (unpaired) electrons. The molecule has 0 amide bonds. The van der Waals surface area contributed by atoms with E-state index in [1.165, 1.54) is 5.56 Å². The molecule has 0 fully saturated rings. The van der Waals surface area contributed by atoms with Gasteiger partial charge in [-0.2, -0.15) is 0 Å². The van der Waals surface area contributed by atoms with E-state index >= 15 is 0 Å². The second-order valence-electron chi connectivity index (χ2n) is 4.00. The molecule has 2 atom stereocenters. The van der Waals surface area contributed by atoms with E-state index in [4.69, 9.17) is 10.5 Å². The number of hydrogen-bond donors (Lipinski definition) is 1. The van der Waals surface area contributed by atoms with Crippen molar-refractivity contribution in [2.75, 3.05) is 13.7 Å². The lowest BCUT2D eigenvalue weighted by Crippen LogP contribution is -2.19. The van der Waals surface area contributed by atoms with Gasteiger partial charge in [0.05, 0.1) is 7.11 Å². The highest BCUT2D eigenvalue weighted by Gasteiger charge is 2.15. The van der Waals surface area contributed by atoms with Crippen molar-refractivity contribution in [3.63, 3.8) is 0 Å². The van der Waals surface area contributed by atoms with Gasteiger partial charge in [-0.05, 0) is 36.1 Å². The van der Waals surface area contributed by atoms with Gasteiger partial charge in [-0.25, -0.2) is 0 Å². The average Bonchev–Trinajstić information content (AvgIpc) is 2.30. The van der Waals surface area contributed by atoms with E-state index < -0.39 is 0 Å². The molecular formula is C13H21NO. The largest absolute Gasteiger partial charge is 0.497 e. The summed E-state index contributed by atoms with van der Waals surface area (Å²) in [6.45, 7) is 5.17. The zero-order valence-electron chi connectivity index (χ0n) is 9.86. The standard InChI is InChI=1S/C13H21NO/c1-4-10(2)13(9-14)11-5-7-12(15-3)8-6-11/h5-8,10,13H,4,9,14H2,1-3H3. The quantitative estimate of drug-likeness (QED) is 0.805. The van der Waals surface area contributed by atoms with Crippen molar-refractivity contribution >= 4 is 0 Å². The second-order valence-corrected chi connectivity index (χ2v) is 4.00. The Morgan fingerprint density at radius 3 is 2.27 bits per heavy atom. The lowest BCUT2D eigenvalue weighted by atomic mass is 9.86. The Balaban J connectivity index is 2.83. The highest BCUT2D eigenvalue weighted by molar-refractivity contribution is 5.29. The van der Waals surface area contributed by atoms with Crippen molar-refractivity contribution in [2.45, 2.75) is 26.2 Å². The zero-order chi connectivity index (χ0) is 11.3. The lowest BCUT2D eigenvalue weighted by molar-refractivity contribution is 0.413. The monoisotopic (exact) mass is 207 g/mol. The fourth-order valence-electron chi connectivity index (χ4n) is 1.83. The van der Waals surface area contributed by atoms with Crippen LogP contribution in [0.4, 0.5) is 0 Å². The van der Waals surface area contributed by atoms with Gasteiger partial charge < -0.3 is 10.5 Å². The summed E-state index contributed by atoms with van der Waals surface area (Å²) in [4.78, 5) is 0. The van der Waals surface area contributed by atoms with E-state index in [0.29, 0.717) is 18.4 Å². The first kappa shape index (κ1) is 12.1. The van der Waals surface area contributed by atoms with Crippen molar-refractivity contribution in [3.05, 3.63) is 29.8 Å². The number of benzene rings is 1. The van der Waals surface area contributed by atoms with Crippen molar-refractivity contribution in [1.82, 2.24) is 0 Å². The van der Waals surface area contributed by atoms with Crippen LogP contribution in [-0.2, 0) is 0 Å². The molecule has 0 heterocycles. The van der Waals surface area contributed by atoms with Crippen LogP contribution in [0.1, 0.15) is 31.7 Å². The molecule has 1 rings (SSSR count). The SMILES string of the molecule is CCC(C)C(CN)c1ccc(OC)cc1. The molecule has 1 aromatic carbocycles. The van der Waals surface area contributed by atoms with Crippen LogP contribution >= 0.6 is 0 Å². The normalized spacial score (nSPS) is 14.7. The van der Waals surface area contributed by atoms with E-state index in [1.54, 1.807) is 7.11 Å². The minimum atomic E-state index is 0.459. The molecule has 2 heteroatoms. The first-order valence-electron chi connectivity index (χ1n) is 5.56. The van der Waals surface area contributed by atoms with Crippen molar-refractivity contribution in [1.29, 1.82) is 0 Å². The van der Waals surface area contributed by atoms with Crippen LogP contribution < -0.4 is 10.5 Å². The van der Waals surface area contributed by atoms with Crippen LogP contribution in [0.15, 0.2) is 24.3 Å². The molecule has 2 N–H and O–H groups in total. The number of hydrogen-bond acceptors (Lipinski definition) is 2. The molecule has 0 aliphatic heterocycles. The zero-order valence-corrected chi connectivity index (χ0v) is 9.86. The van der Waals surface area contributed by atoms with Gasteiger partial charge in [0, 0.05) is 0 Å². The molecule has 0 aromatic heterocycles. The predicted octanol–water partition coefficient (Wildman–Crippen LogP) is 2.78. The fourth-order valence-corrected chi connectivity index (χ4v) is 1.83. The van der Waals surface area contributed by atoms with Crippen LogP contribution in [0.5, 0.6) is 5.75 Å². The summed E-state index contributed by atoms with van der Waals surface area (Å²) >= 11 is 0. The highest BCUT2D eigenvalue weighted by atomic mass is 16.5. The third-order valence-corrected chi connectivity index (χ3v) is 3.13. The summed E-state index contributed by atoms with van der Waals surface area (Å²) in [5.41, 5.74) is 7.13. The molecule has 0 saturated heterocycles. The molecule has 0 aliphatic carbocycles. The molecule has 15 heavy (non-hydrogen) atoms. The number of methoxy groups -OCH3 is 1. The lowest BCUT2D eigenvalue weighted by Gasteiger charge is -2.21. The first-order valence-corrected chi connectivity index (χ1v) is 5.56. The van der Waals surface area contributed by atoms with Crippen LogP contribution in [0, 0.1) is 5.92 Å². The van der Waals surface area contributed by atoms with Gasteiger partial charge >= 0.3 is 0 Å². The van der Waals surface area contributed by atoms with Gasteiger partial charge in [0.25, 0.3) is 0 Å². The number of ether oxygens (including phenoxy) is 1. The Kier molecular flexibility index (Phi) is 4.63.